The molecule has 0 aliphatic carbocycles. The number of aromatic amines is 1. The number of rotatable bonds is 2. The van der Waals surface area contributed by atoms with Crippen LogP contribution in [0.1, 0.15) is 5.82 Å². The van der Waals surface area contributed by atoms with E-state index in [0.29, 0.717) is 12.4 Å². The van der Waals surface area contributed by atoms with Crippen molar-refractivity contribution < 1.29 is 0 Å². The van der Waals surface area contributed by atoms with Crippen molar-refractivity contribution in [2.75, 3.05) is 0 Å². The molecule has 0 bridgehead atoms. The standard InChI is InChI=1S/C4H9N7/c5-4(10-6)7-1-3-8-2-9-11-3/h2H,1,6H2,(H3,5,7,10)(H,8,9,11). The Balaban J connectivity index is 2.45. The van der Waals surface area contributed by atoms with Crippen molar-refractivity contribution in [1.82, 2.24) is 20.6 Å². The molecule has 0 aliphatic rings. The molecule has 0 spiro atoms. The van der Waals surface area contributed by atoms with Crippen molar-refractivity contribution >= 4 is 5.96 Å². The molecule has 0 saturated heterocycles. The van der Waals surface area contributed by atoms with E-state index in [1.165, 1.54) is 6.33 Å². The van der Waals surface area contributed by atoms with E-state index < -0.39 is 0 Å². The number of aliphatic imine (C=N–C) groups is 1. The van der Waals surface area contributed by atoms with Crippen molar-refractivity contribution in [2.24, 2.45) is 16.6 Å². The first-order chi connectivity index (χ1) is 5.33. The van der Waals surface area contributed by atoms with Crippen LogP contribution in [0.2, 0.25) is 0 Å². The van der Waals surface area contributed by atoms with Crippen molar-refractivity contribution in [1.29, 1.82) is 0 Å². The monoisotopic (exact) mass is 155 g/mol. The summed E-state index contributed by atoms with van der Waals surface area (Å²) in [4.78, 5) is 7.63. The fourth-order valence-corrected chi connectivity index (χ4v) is 0.513. The average molecular weight is 155 g/mol. The molecule has 0 amide bonds. The van der Waals surface area contributed by atoms with Gasteiger partial charge in [0.25, 0.3) is 0 Å². The van der Waals surface area contributed by atoms with Crippen LogP contribution in [0.3, 0.4) is 0 Å². The highest BCUT2D eigenvalue weighted by Gasteiger charge is 1.92. The Bertz CT molecular complexity index is 225. The minimum absolute atomic E-state index is 0.168. The second kappa shape index (κ2) is 3.52. The summed E-state index contributed by atoms with van der Waals surface area (Å²) in [7, 11) is 0. The van der Waals surface area contributed by atoms with E-state index in [4.69, 9.17) is 11.6 Å². The lowest BCUT2D eigenvalue weighted by molar-refractivity contribution is 0.891. The fourth-order valence-electron chi connectivity index (χ4n) is 0.513. The number of nitrogens with zero attached hydrogens (tertiary/aromatic N) is 3. The van der Waals surface area contributed by atoms with Crippen LogP contribution < -0.4 is 17.0 Å². The zero-order chi connectivity index (χ0) is 8.10. The molecule has 1 rings (SSSR count). The molecule has 6 N–H and O–H groups in total. The Morgan fingerprint density at radius 2 is 2.64 bits per heavy atom. The number of aromatic nitrogens is 3. The molecule has 1 aromatic rings. The molecular formula is C4H9N7. The van der Waals surface area contributed by atoms with Gasteiger partial charge in [0.1, 0.15) is 18.7 Å². The third-order valence-corrected chi connectivity index (χ3v) is 1.01. The van der Waals surface area contributed by atoms with Crippen molar-refractivity contribution in [3.05, 3.63) is 12.2 Å². The van der Waals surface area contributed by atoms with Crippen LogP contribution in [0.5, 0.6) is 0 Å². The zero-order valence-corrected chi connectivity index (χ0v) is 5.78. The largest absolute Gasteiger partial charge is 0.369 e. The van der Waals surface area contributed by atoms with E-state index in [-0.39, 0.29) is 5.96 Å². The maximum Gasteiger partial charge on any atom is 0.203 e. The maximum absolute atomic E-state index is 5.24. The van der Waals surface area contributed by atoms with Gasteiger partial charge in [0.15, 0.2) is 0 Å². The topological polar surface area (TPSA) is 118 Å². The first-order valence-corrected chi connectivity index (χ1v) is 2.93. The van der Waals surface area contributed by atoms with Crippen LogP contribution in [-0.4, -0.2) is 21.1 Å². The Labute approximate surface area is 62.9 Å². The van der Waals surface area contributed by atoms with Crippen molar-refractivity contribution in [3.8, 4) is 0 Å². The summed E-state index contributed by atoms with van der Waals surface area (Å²) in [6.07, 6.45) is 1.40. The van der Waals surface area contributed by atoms with E-state index in [9.17, 15) is 0 Å². The molecule has 0 radical (unpaired) electrons. The van der Waals surface area contributed by atoms with E-state index in [1.54, 1.807) is 0 Å². The van der Waals surface area contributed by atoms with Gasteiger partial charge in [-0.25, -0.2) is 15.8 Å². The highest BCUT2D eigenvalue weighted by atomic mass is 15.3. The van der Waals surface area contributed by atoms with Gasteiger partial charge in [0, 0.05) is 0 Å². The van der Waals surface area contributed by atoms with Crippen molar-refractivity contribution in [2.45, 2.75) is 6.54 Å². The third-order valence-electron chi connectivity index (χ3n) is 1.01. The summed E-state index contributed by atoms with van der Waals surface area (Å²) in [6.45, 7) is 0.343. The lowest BCUT2D eigenvalue weighted by atomic mass is 10.6. The minimum Gasteiger partial charge on any atom is -0.369 e. The van der Waals surface area contributed by atoms with Gasteiger partial charge < -0.3 is 5.73 Å². The molecule has 0 atom stereocenters. The van der Waals surface area contributed by atoms with Gasteiger partial charge in [-0.3, -0.25) is 10.5 Å². The van der Waals surface area contributed by atoms with Crippen LogP contribution in [-0.2, 0) is 6.54 Å². The van der Waals surface area contributed by atoms with Gasteiger partial charge in [-0.05, 0) is 0 Å². The number of hydrogen-bond donors (Lipinski definition) is 4. The molecule has 1 aromatic heterocycles. The molecule has 0 aromatic carbocycles. The quantitative estimate of drug-likeness (QED) is 0.172. The van der Waals surface area contributed by atoms with Gasteiger partial charge in [-0.1, -0.05) is 0 Å². The van der Waals surface area contributed by atoms with Gasteiger partial charge in [-0.2, -0.15) is 5.10 Å². The molecule has 1 heterocycles. The third kappa shape index (κ3) is 2.22. The molecule has 0 unspecified atom stereocenters. The molecule has 0 fully saturated rings. The lowest BCUT2D eigenvalue weighted by Crippen LogP contribution is -2.37. The molecular weight excluding hydrogens is 146 g/mol. The molecule has 0 saturated carbocycles. The Morgan fingerprint density at radius 1 is 1.82 bits per heavy atom. The van der Waals surface area contributed by atoms with Gasteiger partial charge in [0.2, 0.25) is 5.96 Å². The second-order valence-corrected chi connectivity index (χ2v) is 1.78. The first-order valence-electron chi connectivity index (χ1n) is 2.93. The molecule has 7 nitrogen and oxygen atoms in total. The van der Waals surface area contributed by atoms with E-state index in [0.717, 1.165) is 0 Å². The highest BCUT2D eigenvalue weighted by Crippen LogP contribution is 1.86. The number of nitrogens with two attached hydrogens (primary N) is 2. The number of hydrazine groups is 1. The Hall–Kier alpha value is -1.63. The maximum atomic E-state index is 5.24. The molecule has 0 aliphatic heterocycles. The van der Waals surface area contributed by atoms with Gasteiger partial charge >= 0.3 is 0 Å². The average Bonchev–Trinajstić information content (AvgIpc) is 2.52. The molecule has 60 valence electrons. The molecule has 7 heteroatoms. The fraction of sp³-hybridized carbons (Fsp3) is 0.250. The van der Waals surface area contributed by atoms with Crippen LogP contribution in [0.15, 0.2) is 11.3 Å². The highest BCUT2D eigenvalue weighted by molar-refractivity contribution is 5.76. The van der Waals surface area contributed by atoms with Crippen LogP contribution in [0.25, 0.3) is 0 Å². The van der Waals surface area contributed by atoms with Gasteiger partial charge in [0.05, 0.1) is 0 Å². The SMILES string of the molecule is NNC(N)=NCc1ncn[nH]1. The smallest absolute Gasteiger partial charge is 0.203 e. The summed E-state index contributed by atoms with van der Waals surface area (Å²) in [6, 6.07) is 0. The summed E-state index contributed by atoms with van der Waals surface area (Å²) in [5.74, 6) is 5.77. The van der Waals surface area contributed by atoms with Crippen LogP contribution >= 0.6 is 0 Å². The second-order valence-electron chi connectivity index (χ2n) is 1.78. The number of nitrogens with one attached hydrogen (secondary N) is 2. The normalized spacial score (nSPS) is 11.5. The lowest BCUT2D eigenvalue weighted by Gasteiger charge is -1.95. The zero-order valence-electron chi connectivity index (χ0n) is 5.78. The minimum atomic E-state index is 0.168. The summed E-state index contributed by atoms with van der Waals surface area (Å²) in [5.41, 5.74) is 7.43. The number of guanidine groups is 1. The van der Waals surface area contributed by atoms with Gasteiger partial charge in [-0.15, -0.1) is 0 Å². The number of H-pyrrole nitrogens is 1. The summed E-state index contributed by atoms with van der Waals surface area (Å²) in [5, 5.41) is 6.25. The summed E-state index contributed by atoms with van der Waals surface area (Å²) < 4.78 is 0. The van der Waals surface area contributed by atoms with E-state index in [1.807, 2.05) is 0 Å². The number of hydrogen-bond acceptors (Lipinski definition) is 4. The Kier molecular flexibility index (Phi) is 2.39. The molecule has 11 heavy (non-hydrogen) atoms. The van der Waals surface area contributed by atoms with Crippen molar-refractivity contribution in [3.63, 3.8) is 0 Å². The Morgan fingerprint density at radius 3 is 3.18 bits per heavy atom. The predicted molar refractivity (Wildman–Crippen MR) is 39.0 cm³/mol. The van der Waals surface area contributed by atoms with Crippen LogP contribution in [0.4, 0.5) is 0 Å². The first kappa shape index (κ1) is 7.48. The summed E-state index contributed by atoms with van der Waals surface area (Å²) >= 11 is 0. The van der Waals surface area contributed by atoms with Crippen LogP contribution in [0, 0.1) is 0 Å². The predicted octanol–water partition coefficient (Wildman–Crippen LogP) is -1.92. The van der Waals surface area contributed by atoms with E-state index in [2.05, 4.69) is 25.6 Å². The van der Waals surface area contributed by atoms with E-state index >= 15 is 0 Å².